The summed E-state index contributed by atoms with van der Waals surface area (Å²) in [5.41, 5.74) is 1.40. The maximum Gasteiger partial charge on any atom is 0.0280 e. The van der Waals surface area contributed by atoms with Gasteiger partial charge in [0, 0.05) is 5.88 Å². The average molecular weight is 187 g/mol. The van der Waals surface area contributed by atoms with Crippen LogP contribution in [0.15, 0.2) is 0 Å². The van der Waals surface area contributed by atoms with Gasteiger partial charge in [-0.3, -0.25) is 0 Å². The zero-order chi connectivity index (χ0) is 8.82. The molecule has 0 heterocycles. The van der Waals surface area contributed by atoms with Gasteiger partial charge in [-0.1, -0.05) is 20.3 Å². The van der Waals surface area contributed by atoms with Crippen molar-refractivity contribution in [1.82, 2.24) is 0 Å². The molecule has 0 radical (unpaired) electrons. The lowest BCUT2D eigenvalue weighted by atomic mass is 9.35. The van der Waals surface area contributed by atoms with Gasteiger partial charge >= 0.3 is 0 Å². The second-order valence-corrected chi connectivity index (χ2v) is 5.86. The Morgan fingerprint density at radius 2 is 1.75 bits per heavy atom. The third kappa shape index (κ3) is 1.19. The van der Waals surface area contributed by atoms with Gasteiger partial charge in [0.15, 0.2) is 0 Å². The van der Waals surface area contributed by atoms with Gasteiger partial charge in [-0.25, -0.2) is 0 Å². The van der Waals surface area contributed by atoms with Crippen molar-refractivity contribution in [2.24, 2.45) is 16.7 Å². The zero-order valence-corrected chi connectivity index (χ0v) is 8.95. The van der Waals surface area contributed by atoms with E-state index in [-0.39, 0.29) is 0 Å². The van der Waals surface area contributed by atoms with Gasteiger partial charge in [0.2, 0.25) is 0 Å². The predicted molar refractivity (Wildman–Crippen MR) is 53.5 cm³/mol. The topological polar surface area (TPSA) is 0 Å². The van der Waals surface area contributed by atoms with Gasteiger partial charge in [0.05, 0.1) is 0 Å². The largest absolute Gasteiger partial charge is 0.126 e. The molecule has 0 aliphatic heterocycles. The van der Waals surface area contributed by atoms with Gasteiger partial charge < -0.3 is 0 Å². The summed E-state index contributed by atoms with van der Waals surface area (Å²) >= 11 is 5.91. The van der Waals surface area contributed by atoms with Gasteiger partial charge in [-0.05, 0) is 42.4 Å². The van der Waals surface area contributed by atoms with Crippen LogP contribution >= 0.6 is 11.6 Å². The fourth-order valence-electron chi connectivity index (χ4n) is 3.23. The molecule has 3 aliphatic rings. The molecule has 0 aromatic heterocycles. The van der Waals surface area contributed by atoms with E-state index in [9.17, 15) is 0 Å². The Morgan fingerprint density at radius 3 is 2.17 bits per heavy atom. The minimum Gasteiger partial charge on any atom is -0.126 e. The van der Waals surface area contributed by atoms with Crippen LogP contribution in [0.1, 0.15) is 46.0 Å². The molecule has 0 nitrogen and oxygen atoms in total. The lowest BCUT2D eigenvalue weighted by Crippen LogP contribution is -2.62. The Hall–Kier alpha value is 0.290. The zero-order valence-electron chi connectivity index (χ0n) is 8.20. The van der Waals surface area contributed by atoms with E-state index < -0.39 is 0 Å². The summed E-state index contributed by atoms with van der Waals surface area (Å²) in [6, 6.07) is 0. The van der Waals surface area contributed by atoms with E-state index in [4.69, 9.17) is 11.6 Å². The molecule has 3 rings (SSSR count). The number of hydrogen-bond donors (Lipinski definition) is 0. The third-order valence-corrected chi connectivity index (χ3v) is 4.35. The normalized spacial score (nSPS) is 44.0. The number of hydrogen-bond acceptors (Lipinski definition) is 0. The highest BCUT2D eigenvalue weighted by molar-refractivity contribution is 6.18. The minimum atomic E-state index is 0.624. The van der Waals surface area contributed by atoms with Crippen molar-refractivity contribution in [3.63, 3.8) is 0 Å². The van der Waals surface area contributed by atoms with Crippen molar-refractivity contribution >= 4 is 11.6 Å². The fraction of sp³-hybridized carbons (Fsp3) is 1.00. The smallest absolute Gasteiger partial charge is 0.0280 e. The lowest BCUT2D eigenvalue weighted by Gasteiger charge is -2.71. The van der Waals surface area contributed by atoms with Gasteiger partial charge in [0.1, 0.15) is 0 Å². The van der Waals surface area contributed by atoms with E-state index >= 15 is 0 Å². The maximum atomic E-state index is 5.91. The Balaban J connectivity index is 1.74. The standard InChI is InChI=1S/C11H19Cl/c1-9(2)3-4-10-5-11(6-10,7-10)8-12/h9H,3-8H2,1-2H3. The highest BCUT2D eigenvalue weighted by Crippen LogP contribution is 2.75. The second kappa shape index (κ2) is 2.64. The molecule has 0 aromatic carbocycles. The van der Waals surface area contributed by atoms with E-state index in [1.807, 2.05) is 0 Å². The molecule has 0 spiro atoms. The molecule has 3 saturated carbocycles. The van der Waals surface area contributed by atoms with E-state index in [1.54, 1.807) is 0 Å². The highest BCUT2D eigenvalue weighted by atomic mass is 35.5. The molecule has 3 aliphatic carbocycles. The second-order valence-electron chi connectivity index (χ2n) is 5.60. The Bertz CT molecular complexity index is 164. The van der Waals surface area contributed by atoms with Crippen LogP contribution < -0.4 is 0 Å². The predicted octanol–water partition coefficient (Wildman–Crippen LogP) is 3.83. The first-order chi connectivity index (χ1) is 5.60. The first-order valence-corrected chi connectivity index (χ1v) is 5.69. The average Bonchev–Trinajstić information content (AvgIpc) is 1.82. The molecule has 0 atom stereocenters. The molecule has 0 unspecified atom stereocenters. The first-order valence-electron chi connectivity index (χ1n) is 5.16. The summed E-state index contributed by atoms with van der Waals surface area (Å²) in [5, 5.41) is 0. The summed E-state index contributed by atoms with van der Waals surface area (Å²) in [4.78, 5) is 0. The van der Waals surface area contributed by atoms with Gasteiger partial charge in [0.25, 0.3) is 0 Å². The highest BCUT2D eigenvalue weighted by Gasteiger charge is 2.66. The van der Waals surface area contributed by atoms with Crippen LogP contribution in [-0.4, -0.2) is 5.88 Å². The maximum absolute atomic E-state index is 5.91. The minimum absolute atomic E-state index is 0.624. The van der Waals surface area contributed by atoms with Crippen LogP contribution in [0.4, 0.5) is 0 Å². The van der Waals surface area contributed by atoms with Crippen molar-refractivity contribution < 1.29 is 0 Å². The van der Waals surface area contributed by atoms with E-state index in [0.717, 1.165) is 17.2 Å². The number of alkyl halides is 1. The van der Waals surface area contributed by atoms with E-state index in [0.29, 0.717) is 5.41 Å². The van der Waals surface area contributed by atoms with Crippen LogP contribution in [-0.2, 0) is 0 Å². The summed E-state index contributed by atoms with van der Waals surface area (Å²) in [5.74, 6) is 1.79. The van der Waals surface area contributed by atoms with Gasteiger partial charge in [-0.2, -0.15) is 0 Å². The summed E-state index contributed by atoms with van der Waals surface area (Å²) in [7, 11) is 0. The summed E-state index contributed by atoms with van der Waals surface area (Å²) < 4.78 is 0. The molecule has 3 fully saturated rings. The van der Waals surface area contributed by atoms with Crippen molar-refractivity contribution in [2.45, 2.75) is 46.0 Å². The molecule has 0 saturated heterocycles. The monoisotopic (exact) mass is 186 g/mol. The molecule has 70 valence electrons. The fourth-order valence-corrected chi connectivity index (χ4v) is 3.52. The molecular weight excluding hydrogens is 168 g/mol. The van der Waals surface area contributed by atoms with E-state index in [2.05, 4.69) is 13.8 Å². The SMILES string of the molecule is CC(C)CCC12CC(CCl)(C1)C2. The molecule has 0 aromatic rings. The molecule has 12 heavy (non-hydrogen) atoms. The molecule has 0 N–H and O–H groups in total. The first kappa shape index (κ1) is 8.87. The van der Waals surface area contributed by atoms with Crippen LogP contribution in [0, 0.1) is 16.7 Å². The molecule has 2 bridgehead atoms. The van der Waals surface area contributed by atoms with Crippen LogP contribution in [0.3, 0.4) is 0 Å². The van der Waals surface area contributed by atoms with Crippen molar-refractivity contribution in [2.75, 3.05) is 5.88 Å². The van der Waals surface area contributed by atoms with Gasteiger partial charge in [-0.15, -0.1) is 11.6 Å². The Labute approximate surface area is 80.7 Å². The molecule has 0 amide bonds. The molecule has 1 heteroatoms. The number of rotatable bonds is 4. The van der Waals surface area contributed by atoms with Crippen LogP contribution in [0.25, 0.3) is 0 Å². The van der Waals surface area contributed by atoms with Crippen LogP contribution in [0.5, 0.6) is 0 Å². The van der Waals surface area contributed by atoms with Crippen LogP contribution in [0.2, 0.25) is 0 Å². The Morgan fingerprint density at radius 1 is 1.17 bits per heavy atom. The summed E-state index contributed by atoms with van der Waals surface area (Å²) in [6.07, 6.45) is 7.20. The van der Waals surface area contributed by atoms with Crippen molar-refractivity contribution in [1.29, 1.82) is 0 Å². The lowest BCUT2D eigenvalue weighted by molar-refractivity contribution is -0.193. The van der Waals surface area contributed by atoms with E-state index in [1.165, 1.54) is 32.1 Å². The third-order valence-electron chi connectivity index (χ3n) is 3.79. The Kier molecular flexibility index (Phi) is 1.95. The number of halogens is 1. The quantitative estimate of drug-likeness (QED) is 0.586. The molecular formula is C11H19Cl. The summed E-state index contributed by atoms with van der Waals surface area (Å²) in [6.45, 7) is 4.64. The van der Waals surface area contributed by atoms with Crippen molar-refractivity contribution in [3.8, 4) is 0 Å². The van der Waals surface area contributed by atoms with Crippen molar-refractivity contribution in [3.05, 3.63) is 0 Å².